The van der Waals surface area contributed by atoms with Gasteiger partial charge in [-0.1, -0.05) is 0 Å². The Morgan fingerprint density at radius 2 is 0.279 bits per heavy atom. The summed E-state index contributed by atoms with van der Waals surface area (Å²) in [6, 6.07) is 87.9. The van der Waals surface area contributed by atoms with Crippen LogP contribution in [0, 0.1) is 62.3 Å². The Balaban J connectivity index is 1.74. The third-order valence-corrected chi connectivity index (χ3v) is 94.9. The third kappa shape index (κ3) is 8.02. The zero-order chi connectivity index (χ0) is 47.8. The average molecular weight is 1050 g/mol. The van der Waals surface area contributed by atoms with Crippen LogP contribution in [0.15, 0.2) is 218 Å². The number of aryl methyl sites for hydroxylation is 9. The van der Waals surface area contributed by atoms with Gasteiger partial charge in [0.15, 0.2) is 0 Å². The summed E-state index contributed by atoms with van der Waals surface area (Å²) in [7, 11) is 10.8. The third-order valence-electron chi connectivity index (χ3n) is 14.1. The normalized spacial score (nSPS) is 14.1. The Labute approximate surface area is 414 Å². The average Bonchev–Trinajstić information content (AvgIpc) is 3.34. The van der Waals surface area contributed by atoms with E-state index in [-0.39, 0.29) is 0 Å². The minimum atomic E-state index is -4.68. The van der Waals surface area contributed by atoms with Gasteiger partial charge in [-0.15, -0.1) is 0 Å². The van der Waals surface area contributed by atoms with Gasteiger partial charge in [-0.2, -0.15) is 0 Å². The van der Waals surface area contributed by atoms with E-state index in [9.17, 15) is 9.69 Å². The van der Waals surface area contributed by atoms with Crippen LogP contribution in [0.1, 0.15) is 50.1 Å². The summed E-state index contributed by atoms with van der Waals surface area (Å²) >= 11 is -4.68. The first-order valence-electron chi connectivity index (χ1n) is 23.8. The quantitative estimate of drug-likeness (QED) is 0.0845. The molecule has 0 fully saturated rings. The van der Waals surface area contributed by atoms with Crippen LogP contribution in [0.4, 0.5) is 0 Å². The van der Waals surface area contributed by atoms with Crippen LogP contribution in [-0.2, 0) is 12.3 Å². The van der Waals surface area contributed by atoms with Gasteiger partial charge < -0.3 is 0 Å². The van der Waals surface area contributed by atoms with Crippen molar-refractivity contribution in [3.63, 3.8) is 0 Å². The predicted molar refractivity (Wildman–Crippen MR) is 308 cm³/mol. The first kappa shape index (κ1) is 48.2. The fourth-order valence-electron chi connectivity index (χ4n) is 10.4. The summed E-state index contributed by atoms with van der Waals surface area (Å²) in [5.74, 6) is 0. The molecule has 0 N–H and O–H groups in total. The topological polar surface area (TPSA) is 0 Å². The molecule has 0 aliphatic carbocycles. The van der Waals surface area contributed by atoms with E-state index in [1.807, 2.05) is 0 Å². The van der Waals surface area contributed by atoms with Crippen molar-refractivity contribution in [1.29, 1.82) is 0 Å². The van der Waals surface area contributed by atoms with Gasteiger partial charge in [-0.3, -0.25) is 0 Å². The molecular weight excluding hydrogens is 986 g/mol. The molecule has 0 aliphatic heterocycles. The molecule has 0 heterocycles. The van der Waals surface area contributed by atoms with E-state index in [0.29, 0.717) is 0 Å². The van der Waals surface area contributed by atoms with Crippen molar-refractivity contribution in [3.8, 4) is 0 Å². The molecule has 0 saturated carbocycles. The van der Waals surface area contributed by atoms with E-state index >= 15 is 0 Å². The van der Waals surface area contributed by atoms with Crippen molar-refractivity contribution in [2.45, 2.75) is 62.3 Å². The summed E-state index contributed by atoms with van der Waals surface area (Å²) in [6.07, 6.45) is 0. The first-order chi connectivity index (χ1) is 32.7. The second-order valence-electron chi connectivity index (χ2n) is 19.2. The SMILES string of the molecule is Cc1ccc([PH](c2ccc(C)cc2)(c2ccc(C)cc2)[Ru]([Cl])([PH](c2ccc(C)cc2)(c2ccc(C)cc2)c2ccc(C)cc2)[PH](c2ccc(C)cc2)(c2ccc(C)cc2)c2ccc(C)cc2)cc1. The predicted octanol–water partition coefficient (Wildman–Crippen LogP) is 13.0. The molecule has 0 nitrogen and oxygen atoms in total. The molecular formula is C63H66ClP3Ru. The molecule has 9 aromatic carbocycles. The van der Waals surface area contributed by atoms with Gasteiger partial charge in [0.1, 0.15) is 0 Å². The molecule has 0 aliphatic rings. The number of benzene rings is 9. The Morgan fingerprint density at radius 1 is 0.191 bits per heavy atom. The monoisotopic (exact) mass is 1050 g/mol. The van der Waals surface area contributed by atoms with Crippen LogP contribution in [-0.4, -0.2) is 0 Å². The molecule has 0 amide bonds. The molecule has 9 rings (SSSR count). The molecule has 9 aromatic rings. The Morgan fingerprint density at radius 3 is 0.368 bits per heavy atom. The van der Waals surface area contributed by atoms with Crippen molar-refractivity contribution >= 4 is 74.2 Å². The van der Waals surface area contributed by atoms with Gasteiger partial charge >= 0.3 is 417 Å². The fraction of sp³-hybridized carbons (Fsp3) is 0.143. The summed E-state index contributed by atoms with van der Waals surface area (Å²) in [5.41, 5.74) is 0.284. The molecule has 348 valence electrons. The Hall–Kier alpha value is -4.82. The van der Waals surface area contributed by atoms with Crippen LogP contribution in [0.25, 0.3) is 0 Å². The maximum absolute atomic E-state index is 10.8. The number of hydrogen-bond acceptors (Lipinski definition) is 0. The fourth-order valence-corrected chi connectivity index (χ4v) is 124. The second kappa shape index (κ2) is 19.5. The van der Waals surface area contributed by atoms with Crippen molar-refractivity contribution in [1.82, 2.24) is 0 Å². The van der Waals surface area contributed by atoms with E-state index in [0.717, 1.165) is 0 Å². The van der Waals surface area contributed by atoms with E-state index in [4.69, 9.17) is 0 Å². The van der Waals surface area contributed by atoms with Crippen LogP contribution in [0.5, 0.6) is 0 Å². The van der Waals surface area contributed by atoms with Gasteiger partial charge in [0, 0.05) is 0 Å². The van der Waals surface area contributed by atoms with Gasteiger partial charge in [-0.25, -0.2) is 0 Å². The molecule has 5 heteroatoms. The minimum absolute atomic E-state index is 1.24. The number of halogens is 1. The van der Waals surface area contributed by atoms with E-state index < -0.39 is 29.1 Å². The zero-order valence-electron chi connectivity index (χ0n) is 41.0. The first-order valence-corrected chi connectivity index (χ1v) is 39.4. The number of rotatable bonds is 12. The van der Waals surface area contributed by atoms with Crippen molar-refractivity contribution in [3.05, 3.63) is 268 Å². The van der Waals surface area contributed by atoms with Crippen molar-refractivity contribution < 1.29 is 12.3 Å². The summed E-state index contributed by atoms with van der Waals surface area (Å²) in [6.45, 7) is 20.1. The van der Waals surface area contributed by atoms with E-state index in [1.165, 1.54) is 97.8 Å². The summed E-state index contributed by atoms with van der Waals surface area (Å²) < 4.78 is 0. The molecule has 0 spiro atoms. The summed E-state index contributed by atoms with van der Waals surface area (Å²) in [4.78, 5) is 0. The van der Waals surface area contributed by atoms with E-state index in [1.54, 1.807) is 0 Å². The second-order valence-corrected chi connectivity index (χ2v) is 64.3. The molecule has 0 radical (unpaired) electrons. The Bertz CT molecular complexity index is 2460. The zero-order valence-corrected chi connectivity index (χ0v) is 46.5. The van der Waals surface area contributed by atoms with Crippen LogP contribution in [0.3, 0.4) is 0 Å². The molecule has 0 aromatic heterocycles. The maximum atomic E-state index is 10.8. The van der Waals surface area contributed by atoms with E-state index in [2.05, 4.69) is 281 Å². The van der Waals surface area contributed by atoms with Crippen LogP contribution >= 0.6 is 26.5 Å². The molecule has 68 heavy (non-hydrogen) atoms. The Kier molecular flexibility index (Phi) is 13.8. The number of hydrogen-bond donors (Lipinski definition) is 0. The van der Waals surface area contributed by atoms with Crippen LogP contribution < -0.4 is 47.7 Å². The molecule has 0 bridgehead atoms. The molecule has 0 saturated heterocycles. The molecule has 0 atom stereocenters. The van der Waals surface area contributed by atoms with Gasteiger partial charge in [0.2, 0.25) is 0 Å². The van der Waals surface area contributed by atoms with Crippen molar-refractivity contribution in [2.75, 3.05) is 0 Å². The van der Waals surface area contributed by atoms with Gasteiger partial charge in [0.05, 0.1) is 0 Å². The molecule has 0 unspecified atom stereocenters. The van der Waals surface area contributed by atoms with Gasteiger partial charge in [-0.05, 0) is 0 Å². The standard InChI is InChI=1S/3C21H21P.ClH.Ru/c3*1-16-4-10-19(11-5-16)22(20-12-6-17(2)7-13-20)21-14-8-18(3)9-15-21;;/h3*4-15H,1-3H3;1H;/q;;;;-2/p+2. The van der Waals surface area contributed by atoms with Crippen LogP contribution in [0.2, 0.25) is 0 Å². The summed E-state index contributed by atoms with van der Waals surface area (Å²) in [5, 5.41) is 12.4. The van der Waals surface area contributed by atoms with Crippen molar-refractivity contribution in [2.24, 2.45) is 0 Å². The van der Waals surface area contributed by atoms with Gasteiger partial charge in [0.25, 0.3) is 0 Å².